The van der Waals surface area contributed by atoms with Crippen LogP contribution in [0.3, 0.4) is 0 Å². The van der Waals surface area contributed by atoms with E-state index in [-0.39, 0.29) is 23.0 Å². The molecule has 1 atom stereocenters. The van der Waals surface area contributed by atoms with Crippen LogP contribution in [0.25, 0.3) is 0 Å². The van der Waals surface area contributed by atoms with Gasteiger partial charge in [0.1, 0.15) is 24.1 Å². The predicted molar refractivity (Wildman–Crippen MR) is 160 cm³/mol. The molecular weight excluding hydrogens is 566 g/mol. The number of nitrogens with zero attached hydrogens (tertiary/aromatic N) is 2. The van der Waals surface area contributed by atoms with E-state index in [1.54, 1.807) is 56.5 Å². The average molecular weight is 602 g/mol. The minimum Gasteiger partial charge on any atom is -0.497 e. The fourth-order valence-electron chi connectivity index (χ4n) is 4.08. The van der Waals surface area contributed by atoms with Crippen molar-refractivity contribution in [1.29, 1.82) is 0 Å². The van der Waals surface area contributed by atoms with Crippen LogP contribution in [-0.2, 0) is 26.2 Å². The van der Waals surface area contributed by atoms with Crippen molar-refractivity contribution in [3.8, 4) is 11.5 Å². The first-order chi connectivity index (χ1) is 19.6. The highest BCUT2D eigenvalue weighted by atomic mass is 35.5. The molecule has 0 saturated heterocycles. The molecule has 0 aromatic heterocycles. The van der Waals surface area contributed by atoms with Crippen molar-refractivity contribution in [3.63, 3.8) is 0 Å². The summed E-state index contributed by atoms with van der Waals surface area (Å²) in [4.78, 5) is 28.3. The molecule has 0 bridgehead atoms. The van der Waals surface area contributed by atoms with Crippen LogP contribution in [0.5, 0.6) is 11.5 Å². The molecule has 3 aromatic rings. The van der Waals surface area contributed by atoms with Crippen LogP contribution in [0, 0.1) is 0 Å². The molecule has 3 rings (SSSR count). The fourth-order valence-corrected chi connectivity index (χ4v) is 5.62. The predicted octanol–water partition coefficient (Wildman–Crippen LogP) is 4.89. The van der Waals surface area contributed by atoms with Gasteiger partial charge in [-0.3, -0.25) is 13.9 Å². The number of halogens is 1. The molecule has 0 heterocycles. The number of methoxy groups -OCH3 is 1. The Balaban J connectivity index is 2.03. The van der Waals surface area contributed by atoms with Gasteiger partial charge in [0.25, 0.3) is 10.0 Å². The summed E-state index contributed by atoms with van der Waals surface area (Å²) in [5.41, 5.74) is 0.988. The molecule has 0 aliphatic carbocycles. The first-order valence-corrected chi connectivity index (χ1v) is 15.1. The Hall–Kier alpha value is -3.76. The maximum absolute atomic E-state index is 14.0. The lowest BCUT2D eigenvalue weighted by molar-refractivity contribution is -0.139. The molecule has 0 radical (unpaired) electrons. The molecule has 0 fully saturated rings. The summed E-state index contributed by atoms with van der Waals surface area (Å²) >= 11 is 6.00. The van der Waals surface area contributed by atoms with E-state index in [1.165, 1.54) is 29.2 Å². The minimum absolute atomic E-state index is 0.0309. The van der Waals surface area contributed by atoms with Gasteiger partial charge in [-0.1, -0.05) is 30.7 Å². The van der Waals surface area contributed by atoms with E-state index in [9.17, 15) is 18.0 Å². The van der Waals surface area contributed by atoms with Gasteiger partial charge in [-0.2, -0.15) is 0 Å². The summed E-state index contributed by atoms with van der Waals surface area (Å²) in [6.45, 7) is 5.82. The van der Waals surface area contributed by atoms with Crippen LogP contribution in [0.15, 0.2) is 77.7 Å². The van der Waals surface area contributed by atoms with E-state index < -0.39 is 28.5 Å². The molecule has 0 spiro atoms. The smallest absolute Gasteiger partial charge is 0.264 e. The summed E-state index contributed by atoms with van der Waals surface area (Å²) in [6, 6.07) is 18.4. The zero-order chi connectivity index (χ0) is 30.0. The average Bonchev–Trinajstić information content (AvgIpc) is 2.97. The Morgan fingerprint density at radius 1 is 0.976 bits per heavy atom. The zero-order valence-corrected chi connectivity index (χ0v) is 25.2. The van der Waals surface area contributed by atoms with Gasteiger partial charge in [0.05, 0.1) is 24.3 Å². The van der Waals surface area contributed by atoms with Crippen molar-refractivity contribution in [2.24, 2.45) is 0 Å². The summed E-state index contributed by atoms with van der Waals surface area (Å²) in [5.74, 6) is 0.265. The second-order valence-corrected chi connectivity index (χ2v) is 11.5. The van der Waals surface area contributed by atoms with E-state index in [2.05, 4.69) is 5.32 Å². The lowest BCUT2D eigenvalue weighted by Crippen LogP contribution is -2.51. The number of ether oxygens (including phenoxy) is 2. The van der Waals surface area contributed by atoms with E-state index in [0.29, 0.717) is 29.7 Å². The molecule has 220 valence electrons. The van der Waals surface area contributed by atoms with Gasteiger partial charge in [-0.05, 0) is 86.5 Å². The summed E-state index contributed by atoms with van der Waals surface area (Å²) in [6.07, 6.45) is 0.729. The molecule has 9 nitrogen and oxygen atoms in total. The number of hydrogen-bond acceptors (Lipinski definition) is 6. The van der Waals surface area contributed by atoms with E-state index in [0.717, 1.165) is 16.3 Å². The lowest BCUT2D eigenvalue weighted by Gasteiger charge is -2.32. The summed E-state index contributed by atoms with van der Waals surface area (Å²) in [5, 5.41) is 3.20. The van der Waals surface area contributed by atoms with Gasteiger partial charge in [0, 0.05) is 18.1 Å². The highest BCUT2D eigenvalue weighted by Gasteiger charge is 2.32. The molecule has 3 aromatic carbocycles. The highest BCUT2D eigenvalue weighted by Crippen LogP contribution is 2.27. The summed E-state index contributed by atoms with van der Waals surface area (Å²) < 4.78 is 39.6. The molecular formula is C30H36ClN3O6S. The number of hydrogen-bond donors (Lipinski definition) is 1. The number of benzene rings is 3. The number of carbonyl (C=O) groups excluding carboxylic acids is 2. The van der Waals surface area contributed by atoms with Crippen LogP contribution in [-0.4, -0.2) is 58.0 Å². The topological polar surface area (TPSA) is 105 Å². The van der Waals surface area contributed by atoms with Crippen molar-refractivity contribution >= 4 is 39.1 Å². The third kappa shape index (κ3) is 8.37. The maximum Gasteiger partial charge on any atom is 0.264 e. The second kappa shape index (κ2) is 14.7. The molecule has 0 unspecified atom stereocenters. The number of rotatable bonds is 14. The number of amides is 2. The number of carbonyl (C=O) groups is 2. The standard InChI is InChI=1S/C30H36ClN3O6S/c1-5-18-32-30(36)22(3)33(20-23-8-7-9-27(19-23)39-4)29(35)21-34(25-12-14-26(15-13-25)40-6-2)41(37,38)28-16-10-24(31)11-17-28/h7-17,19,22H,5-6,18,20-21H2,1-4H3,(H,32,36)/t22-/m0/s1. The number of sulfonamides is 1. The Morgan fingerprint density at radius 2 is 1.66 bits per heavy atom. The van der Waals surface area contributed by atoms with Gasteiger partial charge in [0.15, 0.2) is 0 Å². The normalized spacial score (nSPS) is 11.8. The third-order valence-electron chi connectivity index (χ3n) is 6.32. The monoisotopic (exact) mass is 601 g/mol. The molecule has 11 heteroatoms. The first-order valence-electron chi connectivity index (χ1n) is 13.3. The van der Waals surface area contributed by atoms with E-state index in [1.807, 2.05) is 19.9 Å². The molecule has 1 N–H and O–H groups in total. The minimum atomic E-state index is -4.20. The molecule has 41 heavy (non-hydrogen) atoms. The third-order valence-corrected chi connectivity index (χ3v) is 8.36. The SMILES string of the molecule is CCCNC(=O)[C@H](C)N(Cc1cccc(OC)c1)C(=O)CN(c1ccc(OCC)cc1)S(=O)(=O)c1ccc(Cl)cc1. The zero-order valence-electron chi connectivity index (χ0n) is 23.7. The first kappa shape index (κ1) is 31.8. The Kier molecular flexibility index (Phi) is 11.4. The van der Waals surface area contributed by atoms with Crippen molar-refractivity contribution in [2.45, 2.75) is 44.7 Å². The van der Waals surface area contributed by atoms with Crippen molar-refractivity contribution < 1.29 is 27.5 Å². The Labute approximate surface area is 247 Å². The van der Waals surface area contributed by atoms with Crippen LogP contribution in [0.1, 0.15) is 32.8 Å². The van der Waals surface area contributed by atoms with Gasteiger partial charge in [-0.15, -0.1) is 0 Å². The van der Waals surface area contributed by atoms with Gasteiger partial charge < -0.3 is 19.7 Å². The highest BCUT2D eigenvalue weighted by molar-refractivity contribution is 7.92. The fraction of sp³-hybridized carbons (Fsp3) is 0.333. The molecule has 0 aliphatic heterocycles. The van der Waals surface area contributed by atoms with Crippen LogP contribution >= 0.6 is 11.6 Å². The van der Waals surface area contributed by atoms with Crippen LogP contribution < -0.4 is 19.1 Å². The molecule has 0 saturated carbocycles. The van der Waals surface area contributed by atoms with E-state index >= 15 is 0 Å². The number of nitrogens with one attached hydrogen (secondary N) is 1. The Morgan fingerprint density at radius 3 is 2.27 bits per heavy atom. The van der Waals surface area contributed by atoms with Gasteiger partial charge in [0.2, 0.25) is 11.8 Å². The van der Waals surface area contributed by atoms with Crippen molar-refractivity contribution in [3.05, 3.63) is 83.4 Å². The van der Waals surface area contributed by atoms with Crippen molar-refractivity contribution in [2.75, 3.05) is 31.1 Å². The molecule has 0 aliphatic rings. The van der Waals surface area contributed by atoms with E-state index in [4.69, 9.17) is 21.1 Å². The van der Waals surface area contributed by atoms with Crippen LogP contribution in [0.2, 0.25) is 5.02 Å². The Bertz CT molecular complexity index is 1410. The second-order valence-electron chi connectivity index (χ2n) is 9.23. The van der Waals surface area contributed by atoms with Crippen LogP contribution in [0.4, 0.5) is 5.69 Å². The van der Waals surface area contributed by atoms with Crippen molar-refractivity contribution in [1.82, 2.24) is 10.2 Å². The quantitative estimate of drug-likeness (QED) is 0.282. The van der Waals surface area contributed by atoms with Gasteiger partial charge >= 0.3 is 0 Å². The summed E-state index contributed by atoms with van der Waals surface area (Å²) in [7, 11) is -2.66. The largest absolute Gasteiger partial charge is 0.497 e. The molecule has 2 amide bonds. The maximum atomic E-state index is 14.0. The van der Waals surface area contributed by atoms with Gasteiger partial charge in [-0.25, -0.2) is 8.42 Å². The number of anilines is 1. The lowest BCUT2D eigenvalue weighted by atomic mass is 10.1.